The maximum Gasteiger partial charge on any atom is 0.309 e. The van der Waals surface area contributed by atoms with E-state index in [0.29, 0.717) is 13.2 Å². The second-order valence-corrected chi connectivity index (χ2v) is 8.90. The van der Waals surface area contributed by atoms with E-state index in [1.807, 2.05) is 6.92 Å². The van der Waals surface area contributed by atoms with Gasteiger partial charge in [0.15, 0.2) is 5.96 Å². The standard InChI is InChI=1S/C25H40N4O3/c1-5-26-25(29-13-11-21(12-14-29)24(30)31-6-2)27-15-22-9-7-8-10-23(22)18-28-16-19(3)32-20(4)17-28/h7-10,19-21H,5-6,11-18H2,1-4H3,(H,26,27). The minimum absolute atomic E-state index is 0.00751. The van der Waals surface area contributed by atoms with Crippen molar-refractivity contribution in [3.63, 3.8) is 0 Å². The van der Waals surface area contributed by atoms with Crippen LogP contribution in [0.1, 0.15) is 51.7 Å². The number of carbonyl (C=O) groups excluding carboxylic acids is 1. The lowest BCUT2D eigenvalue weighted by molar-refractivity contribution is -0.149. The number of nitrogens with zero attached hydrogens (tertiary/aromatic N) is 3. The number of benzene rings is 1. The molecule has 2 atom stereocenters. The number of morpholine rings is 1. The Morgan fingerprint density at radius 2 is 1.78 bits per heavy atom. The van der Waals surface area contributed by atoms with Crippen LogP contribution >= 0.6 is 0 Å². The van der Waals surface area contributed by atoms with E-state index in [4.69, 9.17) is 14.5 Å². The van der Waals surface area contributed by atoms with Gasteiger partial charge in [-0.15, -0.1) is 0 Å². The number of nitrogens with one attached hydrogen (secondary N) is 1. The maximum atomic E-state index is 12.1. The number of rotatable bonds is 7. The van der Waals surface area contributed by atoms with Crippen molar-refractivity contribution >= 4 is 11.9 Å². The fourth-order valence-electron chi connectivity index (χ4n) is 4.69. The van der Waals surface area contributed by atoms with Crippen LogP contribution in [-0.4, -0.2) is 73.3 Å². The van der Waals surface area contributed by atoms with Gasteiger partial charge in [0.05, 0.1) is 31.3 Å². The zero-order valence-electron chi connectivity index (χ0n) is 20.2. The number of carbonyl (C=O) groups is 1. The number of esters is 1. The molecule has 7 nitrogen and oxygen atoms in total. The highest BCUT2D eigenvalue weighted by molar-refractivity contribution is 5.80. The molecular weight excluding hydrogens is 404 g/mol. The summed E-state index contributed by atoms with van der Waals surface area (Å²) < 4.78 is 11.1. The smallest absolute Gasteiger partial charge is 0.309 e. The fraction of sp³-hybridized carbons (Fsp3) is 0.680. The highest BCUT2D eigenvalue weighted by Gasteiger charge is 2.27. The number of guanidine groups is 1. The van der Waals surface area contributed by atoms with E-state index in [1.165, 1.54) is 11.1 Å². The maximum absolute atomic E-state index is 12.1. The Kier molecular flexibility index (Phi) is 9.36. The van der Waals surface area contributed by atoms with Crippen LogP contribution in [0.25, 0.3) is 0 Å². The van der Waals surface area contributed by atoms with Crippen molar-refractivity contribution in [1.82, 2.24) is 15.1 Å². The third kappa shape index (κ3) is 6.94. The largest absolute Gasteiger partial charge is 0.466 e. The lowest BCUT2D eigenvalue weighted by Crippen LogP contribution is -2.46. The van der Waals surface area contributed by atoms with Gasteiger partial charge < -0.3 is 19.7 Å². The predicted octanol–water partition coefficient (Wildman–Crippen LogP) is 3.04. The predicted molar refractivity (Wildman–Crippen MR) is 127 cm³/mol. The average molecular weight is 445 g/mol. The molecule has 0 spiro atoms. The molecule has 178 valence electrons. The van der Waals surface area contributed by atoms with Crippen LogP contribution in [0.15, 0.2) is 29.3 Å². The third-order valence-electron chi connectivity index (χ3n) is 6.16. The van der Waals surface area contributed by atoms with Gasteiger partial charge in [0.1, 0.15) is 0 Å². The molecule has 2 heterocycles. The summed E-state index contributed by atoms with van der Waals surface area (Å²) in [4.78, 5) is 21.8. The van der Waals surface area contributed by atoms with E-state index in [2.05, 4.69) is 60.2 Å². The summed E-state index contributed by atoms with van der Waals surface area (Å²) in [7, 11) is 0. The van der Waals surface area contributed by atoms with E-state index >= 15 is 0 Å². The average Bonchev–Trinajstić information content (AvgIpc) is 2.77. The molecule has 0 bridgehead atoms. The fourth-order valence-corrected chi connectivity index (χ4v) is 4.69. The van der Waals surface area contributed by atoms with Gasteiger partial charge in [-0.1, -0.05) is 24.3 Å². The molecule has 0 radical (unpaired) electrons. The van der Waals surface area contributed by atoms with Crippen LogP contribution in [0.5, 0.6) is 0 Å². The first kappa shape index (κ1) is 24.5. The second kappa shape index (κ2) is 12.2. The number of aliphatic imine (C=N–C) groups is 1. The van der Waals surface area contributed by atoms with Gasteiger partial charge in [-0.3, -0.25) is 9.69 Å². The van der Waals surface area contributed by atoms with Crippen molar-refractivity contribution in [3.05, 3.63) is 35.4 Å². The van der Waals surface area contributed by atoms with Crippen molar-refractivity contribution in [2.75, 3.05) is 39.3 Å². The molecule has 2 saturated heterocycles. The second-order valence-electron chi connectivity index (χ2n) is 8.90. The van der Waals surface area contributed by atoms with Gasteiger partial charge in [-0.05, 0) is 51.7 Å². The Morgan fingerprint density at radius 3 is 2.41 bits per heavy atom. The Hall–Kier alpha value is -2.12. The molecule has 1 aromatic carbocycles. The SMILES string of the molecule is CCNC(=NCc1ccccc1CN1CC(C)OC(C)C1)N1CCC(C(=O)OCC)CC1. The molecule has 2 aliphatic heterocycles. The minimum Gasteiger partial charge on any atom is -0.466 e. The molecule has 0 amide bonds. The number of hydrogen-bond donors (Lipinski definition) is 1. The molecule has 0 aromatic heterocycles. The summed E-state index contributed by atoms with van der Waals surface area (Å²) in [5.41, 5.74) is 2.59. The van der Waals surface area contributed by atoms with Crippen LogP contribution in [0.4, 0.5) is 0 Å². The van der Waals surface area contributed by atoms with E-state index in [9.17, 15) is 4.79 Å². The zero-order chi connectivity index (χ0) is 22.9. The molecule has 7 heteroatoms. The molecular formula is C25H40N4O3. The van der Waals surface area contributed by atoms with E-state index < -0.39 is 0 Å². The molecule has 3 rings (SSSR count). The van der Waals surface area contributed by atoms with E-state index in [-0.39, 0.29) is 24.1 Å². The Morgan fingerprint density at radius 1 is 1.12 bits per heavy atom. The lowest BCUT2D eigenvalue weighted by Gasteiger charge is -2.35. The molecule has 0 saturated carbocycles. The van der Waals surface area contributed by atoms with Crippen LogP contribution in [0, 0.1) is 5.92 Å². The number of piperidine rings is 1. The normalized spacial score (nSPS) is 23.2. The van der Waals surface area contributed by atoms with Gasteiger partial charge in [0, 0.05) is 39.3 Å². The van der Waals surface area contributed by atoms with Gasteiger partial charge in [0.25, 0.3) is 0 Å². The van der Waals surface area contributed by atoms with E-state index in [1.54, 1.807) is 0 Å². The van der Waals surface area contributed by atoms with Crippen molar-refractivity contribution < 1.29 is 14.3 Å². The highest BCUT2D eigenvalue weighted by Crippen LogP contribution is 2.20. The third-order valence-corrected chi connectivity index (χ3v) is 6.16. The summed E-state index contributed by atoms with van der Waals surface area (Å²) in [6.07, 6.45) is 2.16. The first-order valence-electron chi connectivity index (χ1n) is 12.1. The molecule has 2 fully saturated rings. The van der Waals surface area contributed by atoms with Crippen molar-refractivity contribution in [2.45, 2.75) is 65.8 Å². The Balaban J connectivity index is 1.64. The quantitative estimate of drug-likeness (QED) is 0.396. The minimum atomic E-state index is -0.0604. The summed E-state index contributed by atoms with van der Waals surface area (Å²) >= 11 is 0. The van der Waals surface area contributed by atoms with Crippen LogP contribution in [0.2, 0.25) is 0 Å². The lowest BCUT2D eigenvalue weighted by atomic mass is 9.97. The zero-order valence-corrected chi connectivity index (χ0v) is 20.2. The van der Waals surface area contributed by atoms with Gasteiger partial charge in [0.2, 0.25) is 0 Å². The molecule has 32 heavy (non-hydrogen) atoms. The molecule has 1 aromatic rings. The topological polar surface area (TPSA) is 66.4 Å². The number of likely N-dealkylation sites (tertiary alicyclic amines) is 1. The van der Waals surface area contributed by atoms with Crippen molar-refractivity contribution in [3.8, 4) is 0 Å². The summed E-state index contributed by atoms with van der Waals surface area (Å²) in [6.45, 7) is 14.6. The summed E-state index contributed by atoms with van der Waals surface area (Å²) in [6, 6.07) is 8.61. The van der Waals surface area contributed by atoms with Gasteiger partial charge in [-0.2, -0.15) is 0 Å². The van der Waals surface area contributed by atoms with Gasteiger partial charge in [-0.25, -0.2) is 4.99 Å². The Labute approximate surface area is 193 Å². The highest BCUT2D eigenvalue weighted by atomic mass is 16.5. The van der Waals surface area contributed by atoms with Crippen LogP contribution in [-0.2, 0) is 27.4 Å². The molecule has 2 aliphatic rings. The number of hydrogen-bond acceptors (Lipinski definition) is 5. The van der Waals surface area contributed by atoms with E-state index in [0.717, 1.165) is 58.1 Å². The van der Waals surface area contributed by atoms with Crippen LogP contribution < -0.4 is 5.32 Å². The molecule has 0 aliphatic carbocycles. The number of ether oxygens (including phenoxy) is 2. The first-order chi connectivity index (χ1) is 15.5. The Bertz CT molecular complexity index is 751. The van der Waals surface area contributed by atoms with Crippen molar-refractivity contribution in [1.29, 1.82) is 0 Å². The summed E-state index contributed by atoms with van der Waals surface area (Å²) in [5.74, 6) is 0.876. The summed E-state index contributed by atoms with van der Waals surface area (Å²) in [5, 5.41) is 3.44. The molecule has 2 unspecified atom stereocenters. The van der Waals surface area contributed by atoms with Crippen molar-refractivity contribution in [2.24, 2.45) is 10.9 Å². The molecule has 1 N–H and O–H groups in total. The monoisotopic (exact) mass is 444 g/mol. The van der Waals surface area contributed by atoms with Crippen LogP contribution in [0.3, 0.4) is 0 Å². The van der Waals surface area contributed by atoms with Gasteiger partial charge >= 0.3 is 5.97 Å². The first-order valence-corrected chi connectivity index (χ1v) is 12.1.